The average Bonchev–Trinajstić information content (AvgIpc) is 3.33. The summed E-state index contributed by atoms with van der Waals surface area (Å²) in [4.78, 5) is 36.5. The Morgan fingerprint density at radius 2 is 1.77 bits per heavy atom. The van der Waals surface area contributed by atoms with Crippen molar-refractivity contribution in [3.05, 3.63) is 23.0 Å². The van der Waals surface area contributed by atoms with Crippen LogP contribution in [0.5, 0.6) is 0 Å². The molecule has 4 rings (SSSR count). The summed E-state index contributed by atoms with van der Waals surface area (Å²) < 4.78 is 5.37. The number of pyridine rings is 1. The molecule has 0 N–H and O–H groups in total. The molecule has 0 saturated carbocycles. The fourth-order valence-corrected chi connectivity index (χ4v) is 4.34. The van der Waals surface area contributed by atoms with Crippen molar-refractivity contribution in [2.24, 2.45) is 0 Å². The highest BCUT2D eigenvalue weighted by Crippen LogP contribution is 2.26. The molecule has 2 aromatic heterocycles. The first kappa shape index (κ1) is 20.8. The molecule has 2 aliphatic rings. The second kappa shape index (κ2) is 8.71. The van der Waals surface area contributed by atoms with Gasteiger partial charge in [0.2, 0.25) is 5.91 Å². The van der Waals surface area contributed by atoms with E-state index in [1.165, 1.54) is 0 Å². The minimum Gasteiger partial charge on any atom is -0.342 e. The van der Waals surface area contributed by atoms with E-state index in [0.717, 1.165) is 44.6 Å². The third kappa shape index (κ3) is 4.19. The Kier molecular flexibility index (Phi) is 6.04. The number of aromatic nitrogens is 2. The number of nitrogens with zero attached hydrogens (tertiary/aromatic N) is 5. The number of carbonyl (C=O) groups excluding carboxylic acids is 2. The summed E-state index contributed by atoms with van der Waals surface area (Å²) in [6.45, 7) is 11.0. The largest absolute Gasteiger partial charge is 0.342 e. The molecule has 162 valence electrons. The molecule has 0 unspecified atom stereocenters. The van der Waals surface area contributed by atoms with Gasteiger partial charge in [0, 0.05) is 45.0 Å². The van der Waals surface area contributed by atoms with Gasteiger partial charge in [0.1, 0.15) is 0 Å². The monoisotopic (exact) mass is 413 g/mol. The lowest BCUT2D eigenvalue weighted by Gasteiger charge is -2.24. The second-order valence-electron chi connectivity index (χ2n) is 8.71. The van der Waals surface area contributed by atoms with E-state index in [0.29, 0.717) is 48.5 Å². The van der Waals surface area contributed by atoms with Crippen LogP contribution in [0.25, 0.3) is 11.1 Å². The number of likely N-dealkylation sites (tertiary alicyclic amines) is 1. The molecule has 2 amide bonds. The van der Waals surface area contributed by atoms with Gasteiger partial charge < -0.3 is 14.3 Å². The van der Waals surface area contributed by atoms with Crippen LogP contribution in [-0.4, -0.2) is 82.5 Å². The van der Waals surface area contributed by atoms with Crippen molar-refractivity contribution in [3.8, 4) is 0 Å². The van der Waals surface area contributed by atoms with Crippen molar-refractivity contribution in [1.82, 2.24) is 24.8 Å². The van der Waals surface area contributed by atoms with Gasteiger partial charge in [-0.2, -0.15) is 0 Å². The van der Waals surface area contributed by atoms with Crippen LogP contribution in [0.2, 0.25) is 0 Å². The van der Waals surface area contributed by atoms with E-state index in [-0.39, 0.29) is 17.7 Å². The fraction of sp³-hybridized carbons (Fsp3) is 0.636. The van der Waals surface area contributed by atoms with Crippen molar-refractivity contribution in [1.29, 1.82) is 0 Å². The molecule has 8 nitrogen and oxygen atoms in total. The molecule has 0 spiro atoms. The summed E-state index contributed by atoms with van der Waals surface area (Å²) in [5, 5.41) is 4.73. The Labute approximate surface area is 177 Å². The lowest BCUT2D eigenvalue weighted by molar-refractivity contribution is -0.131. The quantitative estimate of drug-likeness (QED) is 0.766. The first-order valence-corrected chi connectivity index (χ1v) is 11.0. The standard InChI is InChI=1S/C22H31N5O3/c1-15(2)18-13-17(20-16(3)24-30-21(20)23-18)22(29)27-10-6-7-25(11-12-27)14-19(28)26-8-4-5-9-26/h13,15H,4-12,14H2,1-3H3. The van der Waals surface area contributed by atoms with Gasteiger partial charge >= 0.3 is 0 Å². The molecule has 0 aliphatic carbocycles. The van der Waals surface area contributed by atoms with Gasteiger partial charge in [0.15, 0.2) is 0 Å². The van der Waals surface area contributed by atoms with Crippen molar-refractivity contribution in [2.45, 2.75) is 46.0 Å². The summed E-state index contributed by atoms with van der Waals surface area (Å²) in [7, 11) is 0. The van der Waals surface area contributed by atoms with Gasteiger partial charge in [-0.15, -0.1) is 0 Å². The third-order valence-corrected chi connectivity index (χ3v) is 6.15. The molecule has 8 heteroatoms. The minimum atomic E-state index is -0.0108. The Bertz CT molecular complexity index is 932. The minimum absolute atomic E-state index is 0.0108. The number of hydrogen-bond donors (Lipinski definition) is 0. The van der Waals surface area contributed by atoms with Crippen LogP contribution >= 0.6 is 0 Å². The first-order valence-electron chi connectivity index (χ1n) is 11.0. The number of rotatable bonds is 4. The number of hydrogen-bond acceptors (Lipinski definition) is 6. The van der Waals surface area contributed by atoms with Gasteiger partial charge in [-0.05, 0) is 38.2 Å². The van der Waals surface area contributed by atoms with E-state index in [9.17, 15) is 9.59 Å². The Morgan fingerprint density at radius 1 is 1.03 bits per heavy atom. The van der Waals surface area contributed by atoms with Crippen molar-refractivity contribution >= 4 is 22.9 Å². The van der Waals surface area contributed by atoms with Crippen LogP contribution in [0, 0.1) is 6.92 Å². The van der Waals surface area contributed by atoms with Crippen LogP contribution in [0.3, 0.4) is 0 Å². The van der Waals surface area contributed by atoms with Crippen molar-refractivity contribution in [2.75, 3.05) is 45.8 Å². The SMILES string of the molecule is Cc1noc2nc(C(C)C)cc(C(=O)N3CCCN(CC(=O)N4CCCC4)CC3)c12. The van der Waals surface area contributed by atoms with E-state index >= 15 is 0 Å². The summed E-state index contributed by atoms with van der Waals surface area (Å²) in [5.41, 5.74) is 2.55. The molecule has 2 aromatic rings. The molecule has 2 saturated heterocycles. The van der Waals surface area contributed by atoms with Crippen LogP contribution in [-0.2, 0) is 4.79 Å². The Balaban J connectivity index is 1.49. The summed E-state index contributed by atoms with van der Waals surface area (Å²) in [6.07, 6.45) is 3.07. The summed E-state index contributed by atoms with van der Waals surface area (Å²) >= 11 is 0. The number of fused-ring (bicyclic) bond motifs is 1. The van der Waals surface area contributed by atoms with Gasteiger partial charge in [-0.1, -0.05) is 19.0 Å². The van der Waals surface area contributed by atoms with Crippen LogP contribution < -0.4 is 0 Å². The molecule has 4 heterocycles. The molecule has 0 radical (unpaired) electrons. The fourth-order valence-electron chi connectivity index (χ4n) is 4.34. The Morgan fingerprint density at radius 3 is 2.50 bits per heavy atom. The number of amides is 2. The highest BCUT2D eigenvalue weighted by molar-refractivity contribution is 6.06. The zero-order valence-corrected chi connectivity index (χ0v) is 18.2. The predicted molar refractivity (Wildman–Crippen MR) is 113 cm³/mol. The predicted octanol–water partition coefficient (Wildman–Crippen LogP) is 2.42. The van der Waals surface area contributed by atoms with Crippen molar-refractivity contribution < 1.29 is 14.1 Å². The van der Waals surface area contributed by atoms with Gasteiger partial charge in [-0.3, -0.25) is 14.5 Å². The van der Waals surface area contributed by atoms with Gasteiger partial charge in [-0.25, -0.2) is 4.98 Å². The maximum Gasteiger partial charge on any atom is 0.259 e. The maximum atomic E-state index is 13.5. The Hall–Kier alpha value is -2.48. The molecule has 2 fully saturated rings. The van der Waals surface area contributed by atoms with Crippen molar-refractivity contribution in [3.63, 3.8) is 0 Å². The van der Waals surface area contributed by atoms with Gasteiger partial charge in [0.25, 0.3) is 11.6 Å². The molecular weight excluding hydrogens is 382 g/mol. The summed E-state index contributed by atoms with van der Waals surface area (Å²) in [6, 6.07) is 1.89. The van der Waals surface area contributed by atoms with E-state index in [1.807, 2.05) is 36.6 Å². The lowest BCUT2D eigenvalue weighted by Crippen LogP contribution is -2.41. The molecule has 0 atom stereocenters. The zero-order chi connectivity index (χ0) is 21.3. The first-order chi connectivity index (χ1) is 14.4. The average molecular weight is 414 g/mol. The number of aryl methyl sites for hydroxylation is 1. The van der Waals surface area contributed by atoms with E-state index in [2.05, 4.69) is 15.0 Å². The smallest absolute Gasteiger partial charge is 0.259 e. The topological polar surface area (TPSA) is 82.8 Å². The number of carbonyl (C=O) groups is 2. The normalized spacial score (nSPS) is 18.4. The molecular formula is C22H31N5O3. The van der Waals surface area contributed by atoms with E-state index in [1.54, 1.807) is 0 Å². The lowest BCUT2D eigenvalue weighted by atomic mass is 10.0. The molecule has 30 heavy (non-hydrogen) atoms. The highest BCUT2D eigenvalue weighted by atomic mass is 16.5. The molecule has 0 bridgehead atoms. The third-order valence-electron chi connectivity index (χ3n) is 6.15. The van der Waals surface area contributed by atoms with Crippen LogP contribution in [0.15, 0.2) is 10.6 Å². The van der Waals surface area contributed by atoms with Crippen LogP contribution in [0.4, 0.5) is 0 Å². The molecule has 2 aliphatic heterocycles. The maximum absolute atomic E-state index is 13.5. The van der Waals surface area contributed by atoms with Gasteiger partial charge in [0.05, 0.1) is 23.2 Å². The molecule has 0 aromatic carbocycles. The van der Waals surface area contributed by atoms with Crippen LogP contribution in [0.1, 0.15) is 60.8 Å². The van der Waals surface area contributed by atoms with E-state index in [4.69, 9.17) is 4.52 Å². The second-order valence-corrected chi connectivity index (χ2v) is 8.71. The zero-order valence-electron chi connectivity index (χ0n) is 18.2. The highest BCUT2D eigenvalue weighted by Gasteiger charge is 2.27. The van der Waals surface area contributed by atoms with E-state index < -0.39 is 0 Å². The summed E-state index contributed by atoms with van der Waals surface area (Å²) in [5.74, 6) is 0.385.